The highest BCUT2D eigenvalue weighted by Crippen LogP contribution is 2.14. The Hall–Kier alpha value is -0.900. The van der Waals surface area contributed by atoms with Gasteiger partial charge in [-0.3, -0.25) is 4.79 Å². The van der Waals surface area contributed by atoms with Crippen molar-refractivity contribution in [3.8, 4) is 0 Å². The zero-order valence-electron chi connectivity index (χ0n) is 7.78. The maximum atomic E-state index is 10.4. The van der Waals surface area contributed by atoms with Crippen LogP contribution in [0.5, 0.6) is 0 Å². The van der Waals surface area contributed by atoms with E-state index in [-0.39, 0.29) is 6.42 Å². The van der Waals surface area contributed by atoms with Gasteiger partial charge in [-0.25, -0.2) is 4.98 Å². The van der Waals surface area contributed by atoms with Crippen LogP contribution in [-0.4, -0.2) is 16.1 Å². The van der Waals surface area contributed by atoms with Crippen molar-refractivity contribution in [2.75, 3.05) is 0 Å². The maximum absolute atomic E-state index is 10.4. The second-order valence-electron chi connectivity index (χ2n) is 3.40. The van der Waals surface area contributed by atoms with E-state index in [1.807, 2.05) is 5.38 Å². The van der Waals surface area contributed by atoms with E-state index in [1.165, 1.54) is 0 Å². The van der Waals surface area contributed by atoms with Gasteiger partial charge in [-0.1, -0.05) is 13.8 Å². The fraction of sp³-hybridized carbons (Fsp3) is 0.556. The summed E-state index contributed by atoms with van der Waals surface area (Å²) in [7, 11) is 0. The molecule has 3 nitrogen and oxygen atoms in total. The second-order valence-corrected chi connectivity index (χ2v) is 4.34. The van der Waals surface area contributed by atoms with Crippen LogP contribution in [0.25, 0.3) is 0 Å². The molecule has 0 aliphatic heterocycles. The van der Waals surface area contributed by atoms with Crippen LogP contribution in [0.4, 0.5) is 0 Å². The van der Waals surface area contributed by atoms with E-state index in [2.05, 4.69) is 18.8 Å². The molecule has 4 heteroatoms. The highest BCUT2D eigenvalue weighted by Gasteiger charge is 2.06. The molecule has 72 valence electrons. The number of carbonyl (C=O) groups is 1. The molecule has 0 unspecified atom stereocenters. The Balaban J connectivity index is 2.58. The molecule has 0 aliphatic rings. The first-order chi connectivity index (χ1) is 6.08. The molecule has 0 fully saturated rings. The quantitative estimate of drug-likeness (QED) is 0.806. The van der Waals surface area contributed by atoms with Crippen molar-refractivity contribution in [1.29, 1.82) is 0 Å². The van der Waals surface area contributed by atoms with Crippen molar-refractivity contribution in [3.63, 3.8) is 0 Å². The zero-order valence-corrected chi connectivity index (χ0v) is 8.60. The van der Waals surface area contributed by atoms with Crippen molar-refractivity contribution >= 4 is 17.3 Å². The molecule has 1 aromatic heterocycles. The minimum Gasteiger partial charge on any atom is -0.481 e. The summed E-state index contributed by atoms with van der Waals surface area (Å²) in [6.07, 6.45) is 0.971. The van der Waals surface area contributed by atoms with Crippen molar-refractivity contribution in [3.05, 3.63) is 16.1 Å². The Morgan fingerprint density at radius 3 is 2.92 bits per heavy atom. The minimum absolute atomic E-state index is 0.0363. The third-order valence-electron chi connectivity index (χ3n) is 1.51. The molecular weight excluding hydrogens is 186 g/mol. The monoisotopic (exact) mass is 199 g/mol. The van der Waals surface area contributed by atoms with Gasteiger partial charge in [-0.2, -0.15) is 0 Å². The molecule has 13 heavy (non-hydrogen) atoms. The summed E-state index contributed by atoms with van der Waals surface area (Å²) < 4.78 is 0. The molecule has 0 amide bonds. The van der Waals surface area contributed by atoms with Gasteiger partial charge in [0.1, 0.15) is 0 Å². The van der Waals surface area contributed by atoms with E-state index in [9.17, 15) is 4.79 Å². The van der Waals surface area contributed by atoms with Gasteiger partial charge in [0.2, 0.25) is 0 Å². The molecule has 1 heterocycles. The molecule has 0 saturated carbocycles. The number of hydrogen-bond donors (Lipinski definition) is 1. The van der Waals surface area contributed by atoms with Crippen molar-refractivity contribution in [2.45, 2.75) is 26.7 Å². The summed E-state index contributed by atoms with van der Waals surface area (Å²) >= 11 is 1.55. The molecule has 0 aromatic carbocycles. The largest absolute Gasteiger partial charge is 0.481 e. The first-order valence-electron chi connectivity index (χ1n) is 4.23. The zero-order chi connectivity index (χ0) is 9.84. The highest BCUT2D eigenvalue weighted by molar-refractivity contribution is 7.09. The van der Waals surface area contributed by atoms with Crippen LogP contribution in [0.2, 0.25) is 0 Å². The van der Waals surface area contributed by atoms with Gasteiger partial charge >= 0.3 is 5.97 Å². The summed E-state index contributed by atoms with van der Waals surface area (Å²) in [6.45, 7) is 4.25. The summed E-state index contributed by atoms with van der Waals surface area (Å²) in [4.78, 5) is 14.6. The Morgan fingerprint density at radius 1 is 1.69 bits per heavy atom. The Bertz CT molecular complexity index is 294. The Labute approximate surface area is 81.4 Å². The lowest BCUT2D eigenvalue weighted by atomic mass is 10.1. The Kier molecular flexibility index (Phi) is 3.42. The number of carboxylic acids is 1. The number of nitrogens with zero attached hydrogens (tertiary/aromatic N) is 1. The first kappa shape index (κ1) is 10.2. The summed E-state index contributed by atoms with van der Waals surface area (Å²) in [5.74, 6) is -0.245. The minimum atomic E-state index is -0.818. The van der Waals surface area contributed by atoms with E-state index >= 15 is 0 Å². The van der Waals surface area contributed by atoms with Crippen LogP contribution in [-0.2, 0) is 17.6 Å². The van der Waals surface area contributed by atoms with Gasteiger partial charge in [0.15, 0.2) is 0 Å². The van der Waals surface area contributed by atoms with Crippen LogP contribution >= 0.6 is 11.3 Å². The van der Waals surface area contributed by atoms with E-state index in [1.54, 1.807) is 11.3 Å². The molecular formula is C9H13NO2S. The van der Waals surface area contributed by atoms with E-state index in [0.29, 0.717) is 11.6 Å². The van der Waals surface area contributed by atoms with Crippen molar-refractivity contribution < 1.29 is 9.90 Å². The van der Waals surface area contributed by atoms with Crippen LogP contribution in [0.3, 0.4) is 0 Å². The number of aliphatic carboxylic acids is 1. The molecule has 0 radical (unpaired) electrons. The number of aromatic nitrogens is 1. The number of thiazole rings is 1. The molecule has 1 N–H and O–H groups in total. The molecule has 1 rings (SSSR count). The van der Waals surface area contributed by atoms with Crippen LogP contribution < -0.4 is 0 Å². The fourth-order valence-electron chi connectivity index (χ4n) is 1.03. The molecule has 0 aliphatic carbocycles. The predicted octanol–water partition coefficient (Wildman–Crippen LogP) is 1.97. The van der Waals surface area contributed by atoms with Gasteiger partial charge in [0.05, 0.1) is 17.1 Å². The number of rotatable bonds is 4. The van der Waals surface area contributed by atoms with E-state index in [0.717, 1.165) is 11.4 Å². The average Bonchev–Trinajstić information content (AvgIpc) is 2.33. The van der Waals surface area contributed by atoms with E-state index in [4.69, 9.17) is 5.11 Å². The van der Waals surface area contributed by atoms with Gasteiger partial charge in [0, 0.05) is 11.8 Å². The lowest BCUT2D eigenvalue weighted by molar-refractivity contribution is -0.136. The molecule has 0 bridgehead atoms. The molecule has 1 aromatic rings. The van der Waals surface area contributed by atoms with Gasteiger partial charge < -0.3 is 5.11 Å². The average molecular weight is 199 g/mol. The number of carboxylic acid groups (broad SMARTS) is 1. The predicted molar refractivity (Wildman–Crippen MR) is 52.0 cm³/mol. The molecule has 0 saturated heterocycles. The van der Waals surface area contributed by atoms with Gasteiger partial charge in [0.25, 0.3) is 0 Å². The topological polar surface area (TPSA) is 50.2 Å². The summed E-state index contributed by atoms with van der Waals surface area (Å²) in [6, 6.07) is 0. The van der Waals surface area contributed by atoms with Crippen LogP contribution in [0, 0.1) is 5.92 Å². The molecule has 0 spiro atoms. The van der Waals surface area contributed by atoms with Crippen molar-refractivity contribution in [1.82, 2.24) is 4.98 Å². The maximum Gasteiger partial charge on any atom is 0.309 e. The molecule has 0 atom stereocenters. The SMILES string of the molecule is CC(C)Cc1nc(CC(=O)O)cs1. The summed E-state index contributed by atoms with van der Waals surface area (Å²) in [5, 5.41) is 11.4. The summed E-state index contributed by atoms with van der Waals surface area (Å²) in [5.41, 5.74) is 0.674. The smallest absolute Gasteiger partial charge is 0.309 e. The standard InChI is InChI=1S/C9H13NO2S/c1-6(2)3-8-10-7(5-13-8)4-9(11)12/h5-6H,3-4H2,1-2H3,(H,11,12). The Morgan fingerprint density at radius 2 is 2.38 bits per heavy atom. The fourth-order valence-corrected chi connectivity index (χ4v) is 2.04. The third kappa shape index (κ3) is 3.55. The van der Waals surface area contributed by atoms with Gasteiger partial charge in [-0.05, 0) is 5.92 Å². The lowest BCUT2D eigenvalue weighted by Gasteiger charge is -1.98. The third-order valence-corrected chi connectivity index (χ3v) is 2.43. The lowest BCUT2D eigenvalue weighted by Crippen LogP contribution is -2.01. The van der Waals surface area contributed by atoms with Crippen LogP contribution in [0.15, 0.2) is 5.38 Å². The normalized spacial score (nSPS) is 10.7. The highest BCUT2D eigenvalue weighted by atomic mass is 32.1. The van der Waals surface area contributed by atoms with E-state index < -0.39 is 5.97 Å². The second kappa shape index (κ2) is 4.37. The first-order valence-corrected chi connectivity index (χ1v) is 5.11. The van der Waals surface area contributed by atoms with Crippen molar-refractivity contribution in [2.24, 2.45) is 5.92 Å². The van der Waals surface area contributed by atoms with Crippen LogP contribution in [0.1, 0.15) is 24.5 Å². The number of hydrogen-bond acceptors (Lipinski definition) is 3. The van der Waals surface area contributed by atoms with Gasteiger partial charge in [-0.15, -0.1) is 11.3 Å².